The molecule has 0 fully saturated rings. The highest BCUT2D eigenvalue weighted by Gasteiger charge is 2.39. The van der Waals surface area contributed by atoms with Crippen LogP contribution in [0.5, 0.6) is 0 Å². The molecule has 1 aliphatic rings. The third-order valence-electron chi connectivity index (χ3n) is 3.68. The average Bonchev–Trinajstić information content (AvgIpc) is 2.77. The molecule has 1 aliphatic heterocycles. The molecule has 1 N–H and O–H groups in total. The van der Waals surface area contributed by atoms with Crippen LogP contribution in [0.3, 0.4) is 0 Å². The van der Waals surface area contributed by atoms with Gasteiger partial charge in [0.2, 0.25) is 0 Å². The largest absolute Gasteiger partial charge is 0.444 e. The number of hydroxylamine groups is 2. The maximum atomic E-state index is 12.2. The molecule has 8 nitrogen and oxygen atoms in total. The van der Waals surface area contributed by atoms with E-state index in [0.29, 0.717) is 5.06 Å². The SMILES string of the molecule is CC(C)(CNC(=O)OC(C)(C)C)CC(=O)ON1C(=O)c2ccccc2C1=O. The maximum Gasteiger partial charge on any atom is 0.407 e. The molecule has 8 heteroatoms. The highest BCUT2D eigenvalue weighted by Crippen LogP contribution is 2.25. The summed E-state index contributed by atoms with van der Waals surface area (Å²) in [5.41, 5.74) is -0.909. The topological polar surface area (TPSA) is 102 Å². The number of fused-ring (bicyclic) bond motifs is 1. The molecule has 1 heterocycles. The van der Waals surface area contributed by atoms with Gasteiger partial charge in [-0.3, -0.25) is 9.59 Å². The first-order chi connectivity index (χ1) is 12.4. The molecule has 0 radical (unpaired) electrons. The van der Waals surface area contributed by atoms with Gasteiger partial charge in [-0.05, 0) is 38.3 Å². The van der Waals surface area contributed by atoms with E-state index in [1.54, 1.807) is 46.8 Å². The van der Waals surface area contributed by atoms with E-state index in [0.717, 1.165) is 0 Å². The lowest BCUT2D eigenvalue weighted by Gasteiger charge is -2.26. The average molecular weight is 376 g/mol. The number of rotatable bonds is 5. The number of nitrogens with one attached hydrogen (secondary N) is 1. The van der Waals surface area contributed by atoms with Crippen molar-refractivity contribution in [1.82, 2.24) is 10.4 Å². The summed E-state index contributed by atoms with van der Waals surface area (Å²) in [6.07, 6.45) is -0.708. The van der Waals surface area contributed by atoms with Gasteiger partial charge in [-0.25, -0.2) is 9.59 Å². The van der Waals surface area contributed by atoms with Crippen LogP contribution in [0.15, 0.2) is 24.3 Å². The second-order valence-electron chi connectivity index (χ2n) is 8.11. The van der Waals surface area contributed by atoms with Crippen molar-refractivity contribution in [1.29, 1.82) is 0 Å². The molecule has 2 rings (SSSR count). The second-order valence-corrected chi connectivity index (χ2v) is 8.11. The Morgan fingerprint density at radius 1 is 1.00 bits per heavy atom. The van der Waals surface area contributed by atoms with Crippen LogP contribution < -0.4 is 5.32 Å². The van der Waals surface area contributed by atoms with Crippen molar-refractivity contribution in [3.05, 3.63) is 35.4 Å². The summed E-state index contributed by atoms with van der Waals surface area (Å²) in [4.78, 5) is 53.4. The van der Waals surface area contributed by atoms with Crippen molar-refractivity contribution in [3.63, 3.8) is 0 Å². The van der Waals surface area contributed by atoms with E-state index in [1.807, 2.05) is 0 Å². The van der Waals surface area contributed by atoms with Gasteiger partial charge in [-0.1, -0.05) is 31.0 Å². The minimum Gasteiger partial charge on any atom is -0.444 e. The van der Waals surface area contributed by atoms with Crippen molar-refractivity contribution in [2.24, 2.45) is 5.41 Å². The Bertz CT molecular complexity index is 744. The van der Waals surface area contributed by atoms with Crippen LogP contribution in [0.2, 0.25) is 0 Å². The fourth-order valence-electron chi connectivity index (χ4n) is 2.46. The molecule has 0 bridgehead atoms. The molecule has 0 saturated carbocycles. The van der Waals surface area contributed by atoms with Gasteiger partial charge in [0.15, 0.2) is 0 Å². The predicted octanol–water partition coefficient (Wildman–Crippen LogP) is 2.68. The maximum absolute atomic E-state index is 12.2. The van der Waals surface area contributed by atoms with Crippen molar-refractivity contribution in [2.45, 2.75) is 46.6 Å². The number of imide groups is 1. The standard InChI is InChI=1S/C19H24N2O6/c1-18(2,3)26-17(25)20-11-19(4,5)10-14(22)27-21-15(23)12-8-6-7-9-13(12)16(21)24/h6-9H,10-11H2,1-5H3,(H,20,25). The molecule has 0 atom stereocenters. The van der Waals surface area contributed by atoms with Crippen molar-refractivity contribution >= 4 is 23.9 Å². The van der Waals surface area contributed by atoms with E-state index >= 15 is 0 Å². The van der Waals surface area contributed by atoms with Crippen LogP contribution in [-0.4, -0.2) is 41.1 Å². The van der Waals surface area contributed by atoms with Crippen LogP contribution in [0.1, 0.15) is 61.8 Å². The number of benzene rings is 1. The lowest BCUT2D eigenvalue weighted by Crippen LogP contribution is -2.40. The number of hydrogen-bond acceptors (Lipinski definition) is 6. The van der Waals surface area contributed by atoms with Gasteiger partial charge in [-0.15, -0.1) is 0 Å². The smallest absolute Gasteiger partial charge is 0.407 e. The van der Waals surface area contributed by atoms with Gasteiger partial charge in [0.1, 0.15) is 5.60 Å². The zero-order valence-corrected chi connectivity index (χ0v) is 16.1. The Morgan fingerprint density at radius 2 is 1.52 bits per heavy atom. The molecule has 0 saturated heterocycles. The number of hydrogen-bond donors (Lipinski definition) is 1. The molecule has 3 amide bonds. The van der Waals surface area contributed by atoms with Gasteiger partial charge in [0, 0.05) is 6.54 Å². The minimum absolute atomic E-state index is 0.115. The van der Waals surface area contributed by atoms with E-state index in [-0.39, 0.29) is 24.1 Å². The fourth-order valence-corrected chi connectivity index (χ4v) is 2.46. The van der Waals surface area contributed by atoms with Gasteiger partial charge in [-0.2, -0.15) is 0 Å². The van der Waals surface area contributed by atoms with Crippen LogP contribution >= 0.6 is 0 Å². The van der Waals surface area contributed by atoms with Gasteiger partial charge < -0.3 is 14.9 Å². The minimum atomic E-state index is -0.750. The molecule has 27 heavy (non-hydrogen) atoms. The van der Waals surface area contributed by atoms with Crippen molar-refractivity contribution < 1.29 is 28.8 Å². The highest BCUT2D eigenvalue weighted by atomic mass is 16.7. The Balaban J connectivity index is 1.91. The molecule has 146 valence electrons. The molecule has 1 aromatic rings. The first-order valence-electron chi connectivity index (χ1n) is 8.55. The third kappa shape index (κ3) is 5.29. The number of carbonyl (C=O) groups is 4. The molecule has 0 spiro atoms. The van der Waals surface area contributed by atoms with E-state index in [2.05, 4.69) is 5.32 Å². The number of nitrogens with zero attached hydrogens (tertiary/aromatic N) is 1. The summed E-state index contributed by atoms with van der Waals surface area (Å²) >= 11 is 0. The number of carbonyl (C=O) groups excluding carboxylic acids is 4. The summed E-state index contributed by atoms with van der Waals surface area (Å²) in [6, 6.07) is 6.25. The summed E-state index contributed by atoms with van der Waals surface area (Å²) in [6.45, 7) is 8.88. The van der Waals surface area contributed by atoms with Gasteiger partial charge >= 0.3 is 12.1 Å². The summed E-state index contributed by atoms with van der Waals surface area (Å²) < 4.78 is 5.15. The van der Waals surface area contributed by atoms with E-state index in [9.17, 15) is 19.2 Å². The third-order valence-corrected chi connectivity index (χ3v) is 3.68. The van der Waals surface area contributed by atoms with Crippen molar-refractivity contribution in [3.8, 4) is 0 Å². The quantitative estimate of drug-likeness (QED) is 0.793. The zero-order valence-electron chi connectivity index (χ0n) is 16.1. The van der Waals surface area contributed by atoms with Crippen LogP contribution in [0.25, 0.3) is 0 Å². The lowest BCUT2D eigenvalue weighted by atomic mass is 9.89. The lowest BCUT2D eigenvalue weighted by molar-refractivity contribution is -0.170. The van der Waals surface area contributed by atoms with Crippen molar-refractivity contribution in [2.75, 3.05) is 6.54 Å². The van der Waals surface area contributed by atoms with Crippen LogP contribution in [-0.2, 0) is 14.4 Å². The Morgan fingerprint density at radius 3 is 2.00 bits per heavy atom. The van der Waals surface area contributed by atoms with Crippen LogP contribution in [0.4, 0.5) is 4.79 Å². The normalized spacial score (nSPS) is 14.0. The van der Waals surface area contributed by atoms with Gasteiger partial charge in [0.25, 0.3) is 11.8 Å². The highest BCUT2D eigenvalue weighted by molar-refractivity contribution is 6.20. The summed E-state index contributed by atoms with van der Waals surface area (Å²) in [7, 11) is 0. The summed E-state index contributed by atoms with van der Waals surface area (Å²) in [5.74, 6) is -2.09. The Kier molecular flexibility index (Phi) is 5.58. The van der Waals surface area contributed by atoms with E-state index < -0.39 is 34.9 Å². The van der Waals surface area contributed by atoms with E-state index in [1.165, 1.54) is 12.1 Å². The molecular formula is C19H24N2O6. The Labute approximate surface area is 157 Å². The molecule has 0 aromatic heterocycles. The Hall–Kier alpha value is -2.90. The number of ether oxygens (including phenoxy) is 1. The predicted molar refractivity (Wildman–Crippen MR) is 95.7 cm³/mol. The molecular weight excluding hydrogens is 352 g/mol. The number of amides is 3. The first-order valence-corrected chi connectivity index (χ1v) is 8.55. The molecule has 0 aliphatic carbocycles. The number of alkyl carbamates (subject to hydrolysis) is 1. The molecule has 1 aromatic carbocycles. The summed E-state index contributed by atoms with van der Waals surface area (Å²) in [5, 5.41) is 3.07. The zero-order chi connectivity index (χ0) is 20.4. The fraction of sp³-hybridized carbons (Fsp3) is 0.474. The monoisotopic (exact) mass is 376 g/mol. The molecule has 0 unspecified atom stereocenters. The first kappa shape index (κ1) is 20.4. The second kappa shape index (κ2) is 7.38. The van der Waals surface area contributed by atoms with Crippen LogP contribution in [0, 0.1) is 5.41 Å². The van der Waals surface area contributed by atoms with E-state index in [4.69, 9.17) is 9.57 Å². The van der Waals surface area contributed by atoms with Gasteiger partial charge in [0.05, 0.1) is 17.5 Å².